The number of amides is 2. The van der Waals surface area contributed by atoms with Crippen LogP contribution in [0.4, 0.5) is 4.79 Å². The first kappa shape index (κ1) is 24.2. The molecule has 1 aromatic carbocycles. The fraction of sp³-hybridized carbons (Fsp3) is 0.519. The molecule has 0 spiro atoms. The zero-order valence-electron chi connectivity index (χ0n) is 20.7. The Balaban J connectivity index is 1.36. The third-order valence-electron chi connectivity index (χ3n) is 6.57. The standard InChI is InChI=1S/C27H36N4O3/c1-19(2)34-27(33)30-15-13-24(14-16-30)31(23-10-11-23)18-20-5-12-25(28-17-20)21-6-8-22(9-7-21)26(32)29(3)4/h5-9,12,17,19,23-24H,10-11,13-16,18H2,1-4H3. The number of carbonyl (C=O) groups excluding carboxylic acids is 2. The van der Waals surface area contributed by atoms with Gasteiger partial charge in [-0.25, -0.2) is 4.79 Å². The summed E-state index contributed by atoms with van der Waals surface area (Å²) >= 11 is 0. The minimum atomic E-state index is -0.190. The van der Waals surface area contributed by atoms with Crippen LogP contribution < -0.4 is 0 Å². The van der Waals surface area contributed by atoms with Crippen LogP contribution in [0.2, 0.25) is 0 Å². The van der Waals surface area contributed by atoms with Crippen LogP contribution in [0.1, 0.15) is 55.5 Å². The molecule has 182 valence electrons. The second-order valence-corrected chi connectivity index (χ2v) is 9.88. The Kier molecular flexibility index (Phi) is 7.51. The topological polar surface area (TPSA) is 66.0 Å². The van der Waals surface area contributed by atoms with Crippen molar-refractivity contribution < 1.29 is 14.3 Å². The van der Waals surface area contributed by atoms with Gasteiger partial charge in [-0.15, -0.1) is 0 Å². The van der Waals surface area contributed by atoms with Crippen LogP contribution in [0.25, 0.3) is 11.3 Å². The lowest BCUT2D eigenvalue weighted by molar-refractivity contribution is 0.0518. The Morgan fingerprint density at radius 2 is 1.65 bits per heavy atom. The molecule has 0 N–H and O–H groups in total. The minimum Gasteiger partial charge on any atom is -0.447 e. The summed E-state index contributed by atoms with van der Waals surface area (Å²) in [7, 11) is 3.51. The van der Waals surface area contributed by atoms with Crippen molar-refractivity contribution in [2.45, 2.75) is 64.3 Å². The second kappa shape index (κ2) is 10.6. The van der Waals surface area contributed by atoms with Crippen LogP contribution in [-0.2, 0) is 11.3 Å². The van der Waals surface area contributed by atoms with Crippen molar-refractivity contribution in [1.29, 1.82) is 0 Å². The van der Waals surface area contributed by atoms with Crippen LogP contribution >= 0.6 is 0 Å². The SMILES string of the molecule is CC(C)OC(=O)N1CCC(N(Cc2ccc(-c3ccc(C(=O)N(C)C)cc3)nc2)C2CC2)CC1. The summed E-state index contributed by atoms with van der Waals surface area (Å²) in [4.78, 5) is 35.1. The molecule has 1 aromatic heterocycles. The Morgan fingerprint density at radius 1 is 1.00 bits per heavy atom. The van der Waals surface area contributed by atoms with E-state index in [0.29, 0.717) is 17.6 Å². The molecule has 34 heavy (non-hydrogen) atoms. The van der Waals surface area contributed by atoms with E-state index in [2.05, 4.69) is 17.0 Å². The normalized spacial score (nSPS) is 16.7. The lowest BCUT2D eigenvalue weighted by Gasteiger charge is -2.38. The Labute approximate surface area is 202 Å². The van der Waals surface area contributed by atoms with Gasteiger partial charge in [0.25, 0.3) is 5.91 Å². The number of ether oxygens (including phenoxy) is 1. The van der Waals surface area contributed by atoms with E-state index in [9.17, 15) is 9.59 Å². The van der Waals surface area contributed by atoms with Crippen LogP contribution in [0, 0.1) is 0 Å². The summed E-state index contributed by atoms with van der Waals surface area (Å²) in [5.74, 6) is -0.00216. The molecule has 2 aromatic rings. The number of pyridine rings is 1. The van der Waals surface area contributed by atoms with Crippen LogP contribution in [0.3, 0.4) is 0 Å². The van der Waals surface area contributed by atoms with Gasteiger partial charge in [0.05, 0.1) is 11.8 Å². The molecule has 0 radical (unpaired) electrons. The van der Waals surface area contributed by atoms with E-state index >= 15 is 0 Å². The van der Waals surface area contributed by atoms with Crippen molar-refractivity contribution in [2.24, 2.45) is 0 Å². The third-order valence-corrected chi connectivity index (χ3v) is 6.57. The number of piperidine rings is 1. The molecule has 4 rings (SSSR count). The molecule has 2 heterocycles. The summed E-state index contributed by atoms with van der Waals surface area (Å²) in [6.07, 6.45) is 6.16. The van der Waals surface area contributed by atoms with Crippen molar-refractivity contribution in [3.05, 3.63) is 53.7 Å². The first-order chi connectivity index (χ1) is 16.3. The molecule has 0 atom stereocenters. The largest absolute Gasteiger partial charge is 0.447 e. The van der Waals surface area contributed by atoms with Gasteiger partial charge in [-0.05, 0) is 63.3 Å². The highest BCUT2D eigenvalue weighted by Gasteiger charge is 2.36. The van der Waals surface area contributed by atoms with Gasteiger partial charge in [-0.3, -0.25) is 14.7 Å². The van der Waals surface area contributed by atoms with Gasteiger partial charge in [0.15, 0.2) is 0 Å². The number of likely N-dealkylation sites (tertiary alicyclic amines) is 1. The molecule has 7 nitrogen and oxygen atoms in total. The zero-order valence-corrected chi connectivity index (χ0v) is 20.7. The van der Waals surface area contributed by atoms with Crippen molar-refractivity contribution >= 4 is 12.0 Å². The van der Waals surface area contributed by atoms with Crippen LogP contribution in [-0.4, -0.2) is 77.1 Å². The average molecular weight is 465 g/mol. The fourth-order valence-electron chi connectivity index (χ4n) is 4.56. The summed E-state index contributed by atoms with van der Waals surface area (Å²) in [6.45, 7) is 6.17. The van der Waals surface area contributed by atoms with Crippen LogP contribution in [0.5, 0.6) is 0 Å². The third kappa shape index (κ3) is 5.95. The molecule has 1 saturated heterocycles. The maximum Gasteiger partial charge on any atom is 0.410 e. The number of nitrogens with zero attached hydrogens (tertiary/aromatic N) is 4. The van der Waals surface area contributed by atoms with Gasteiger partial charge < -0.3 is 14.5 Å². The first-order valence-corrected chi connectivity index (χ1v) is 12.3. The van der Waals surface area contributed by atoms with Crippen molar-refractivity contribution in [3.8, 4) is 11.3 Å². The summed E-state index contributed by atoms with van der Waals surface area (Å²) in [5, 5.41) is 0. The molecule has 1 saturated carbocycles. The molecule has 2 amide bonds. The maximum atomic E-state index is 12.2. The van der Waals surface area contributed by atoms with Crippen molar-refractivity contribution in [2.75, 3.05) is 27.2 Å². The first-order valence-electron chi connectivity index (χ1n) is 12.3. The molecule has 7 heteroatoms. The smallest absolute Gasteiger partial charge is 0.410 e. The molecule has 0 unspecified atom stereocenters. The summed E-state index contributed by atoms with van der Waals surface area (Å²) in [5.41, 5.74) is 3.79. The summed E-state index contributed by atoms with van der Waals surface area (Å²) < 4.78 is 5.36. The molecule has 1 aliphatic carbocycles. The van der Waals surface area contributed by atoms with Crippen molar-refractivity contribution in [3.63, 3.8) is 0 Å². The van der Waals surface area contributed by atoms with E-state index in [0.717, 1.165) is 43.7 Å². The van der Waals surface area contributed by atoms with Crippen LogP contribution in [0.15, 0.2) is 42.6 Å². The highest BCUT2D eigenvalue weighted by molar-refractivity contribution is 5.94. The number of hydrogen-bond donors (Lipinski definition) is 0. The highest BCUT2D eigenvalue weighted by Crippen LogP contribution is 2.33. The van der Waals surface area contributed by atoms with E-state index in [-0.39, 0.29) is 18.1 Å². The number of carbonyl (C=O) groups is 2. The van der Waals surface area contributed by atoms with Crippen molar-refractivity contribution in [1.82, 2.24) is 19.7 Å². The molecule has 2 aliphatic rings. The number of benzene rings is 1. The Morgan fingerprint density at radius 3 is 2.18 bits per heavy atom. The van der Waals surface area contributed by atoms with E-state index in [1.54, 1.807) is 19.0 Å². The number of aromatic nitrogens is 1. The van der Waals surface area contributed by atoms with Gasteiger partial charge in [0.2, 0.25) is 0 Å². The lowest BCUT2D eigenvalue weighted by atomic mass is 10.0. The van der Waals surface area contributed by atoms with Gasteiger partial charge in [0.1, 0.15) is 0 Å². The molecular formula is C27H36N4O3. The molecule has 0 bridgehead atoms. The second-order valence-electron chi connectivity index (χ2n) is 9.88. The number of rotatable bonds is 7. The Bertz CT molecular complexity index is 976. The monoisotopic (exact) mass is 464 g/mol. The van der Waals surface area contributed by atoms with Gasteiger partial charge >= 0.3 is 6.09 Å². The predicted molar refractivity (Wildman–Crippen MR) is 132 cm³/mol. The predicted octanol–water partition coefficient (Wildman–Crippen LogP) is 4.42. The van der Waals surface area contributed by atoms with Gasteiger partial charge in [0, 0.05) is 63.1 Å². The summed E-state index contributed by atoms with van der Waals surface area (Å²) in [6, 6.07) is 13.0. The zero-order chi connectivity index (χ0) is 24.2. The molecule has 1 aliphatic heterocycles. The minimum absolute atomic E-state index is 0.00216. The van der Waals surface area contributed by atoms with Gasteiger partial charge in [-0.2, -0.15) is 0 Å². The van der Waals surface area contributed by atoms with E-state index in [4.69, 9.17) is 9.72 Å². The highest BCUT2D eigenvalue weighted by atomic mass is 16.6. The van der Waals surface area contributed by atoms with E-state index in [1.165, 1.54) is 18.4 Å². The van der Waals surface area contributed by atoms with E-state index < -0.39 is 0 Å². The van der Waals surface area contributed by atoms with E-state index in [1.807, 2.05) is 49.2 Å². The number of hydrogen-bond acceptors (Lipinski definition) is 5. The fourth-order valence-corrected chi connectivity index (χ4v) is 4.56. The Hall–Kier alpha value is -2.93. The van der Waals surface area contributed by atoms with Gasteiger partial charge in [-0.1, -0.05) is 18.2 Å². The maximum absolute atomic E-state index is 12.2. The lowest BCUT2D eigenvalue weighted by Crippen LogP contribution is -2.47. The molecular weight excluding hydrogens is 428 g/mol. The molecule has 2 fully saturated rings. The quantitative estimate of drug-likeness (QED) is 0.607. The average Bonchev–Trinajstić information content (AvgIpc) is 3.67.